The minimum Gasteiger partial charge on any atom is -0.460 e. The molecule has 5 heteroatoms. The molecule has 5 aliphatic carbocycles. The fraction of sp³-hybridized carbons (Fsp3) is 0.750. The van der Waals surface area contributed by atoms with E-state index in [9.17, 15) is 9.59 Å². The lowest BCUT2D eigenvalue weighted by Crippen LogP contribution is -2.67. The Bertz CT molecular complexity index is 1340. The molecule has 0 radical (unpaired) electrons. The van der Waals surface area contributed by atoms with E-state index in [1.165, 1.54) is 25.7 Å². The first-order valence-electron chi connectivity index (χ1n) is 17.9. The van der Waals surface area contributed by atoms with E-state index < -0.39 is 11.0 Å². The average Bonchev–Trinajstić information content (AvgIpc) is 3.33. The molecule has 0 saturated heterocycles. The van der Waals surface area contributed by atoms with Gasteiger partial charge < -0.3 is 14.8 Å². The van der Waals surface area contributed by atoms with Crippen molar-refractivity contribution in [1.29, 1.82) is 0 Å². The molecule has 4 fully saturated rings. The van der Waals surface area contributed by atoms with E-state index in [0.29, 0.717) is 24.4 Å². The minimum absolute atomic E-state index is 0.0419. The highest BCUT2D eigenvalue weighted by atomic mass is 16.6. The fourth-order valence-corrected chi connectivity index (χ4v) is 12.2. The highest BCUT2D eigenvalue weighted by Crippen LogP contribution is 2.76. The second-order valence-corrected chi connectivity index (χ2v) is 18.0. The second kappa shape index (κ2) is 10.9. The van der Waals surface area contributed by atoms with Gasteiger partial charge in [-0.05, 0) is 136 Å². The normalized spacial score (nSPS) is 41.8. The summed E-state index contributed by atoms with van der Waals surface area (Å²) in [6, 6.07) is 9.91. The standard InChI is InChI=1S/C40H59NO4/c1-26-17-20-37(7)30(36(26,5)6)19-21-39(9)31(37)16-15-28-32-29(41-34(43)45-35(2,3)4)18-22-40(32,24-23-38(28,39)8)33(42)44-25-27-13-11-10-12-14-27/h10-14,17,28-32H,15-16,18-25H2,1-9H3,(H,41,43)/t28-,29-,30+,31-,32+,37+,38-,39-,40+/m1/s1. The molecule has 1 aromatic rings. The van der Waals surface area contributed by atoms with E-state index in [4.69, 9.17) is 9.47 Å². The summed E-state index contributed by atoms with van der Waals surface area (Å²) in [5.74, 6) is 1.65. The van der Waals surface area contributed by atoms with Crippen molar-refractivity contribution >= 4 is 12.1 Å². The number of benzene rings is 1. The van der Waals surface area contributed by atoms with Gasteiger partial charge in [0.25, 0.3) is 0 Å². The van der Waals surface area contributed by atoms with Crippen molar-refractivity contribution in [3.63, 3.8) is 0 Å². The van der Waals surface area contributed by atoms with Gasteiger partial charge in [-0.3, -0.25) is 4.79 Å². The first kappa shape index (κ1) is 32.6. The second-order valence-electron chi connectivity index (χ2n) is 18.0. The zero-order chi connectivity index (χ0) is 32.6. The lowest BCUT2D eigenvalue weighted by molar-refractivity contribution is -0.229. The maximum Gasteiger partial charge on any atom is 0.407 e. The molecule has 5 nitrogen and oxygen atoms in total. The summed E-state index contributed by atoms with van der Waals surface area (Å²) < 4.78 is 12.0. The van der Waals surface area contributed by atoms with Crippen molar-refractivity contribution in [2.45, 2.75) is 138 Å². The molecule has 1 N–H and O–H groups in total. The number of nitrogens with one attached hydrogen (secondary N) is 1. The molecule has 0 spiro atoms. The van der Waals surface area contributed by atoms with E-state index in [1.54, 1.807) is 5.57 Å². The number of carbonyl (C=O) groups is 2. The smallest absolute Gasteiger partial charge is 0.407 e. The first-order valence-corrected chi connectivity index (χ1v) is 17.9. The Balaban J connectivity index is 1.34. The Morgan fingerprint density at radius 3 is 2.27 bits per heavy atom. The summed E-state index contributed by atoms with van der Waals surface area (Å²) in [5.41, 5.74) is 2.18. The Morgan fingerprint density at radius 2 is 1.58 bits per heavy atom. The zero-order valence-electron chi connectivity index (χ0n) is 29.6. The Labute approximate surface area is 272 Å². The summed E-state index contributed by atoms with van der Waals surface area (Å²) in [6.45, 7) is 21.1. The number of esters is 1. The molecule has 6 rings (SSSR count). The van der Waals surface area contributed by atoms with Crippen LogP contribution >= 0.6 is 0 Å². The van der Waals surface area contributed by atoms with Crippen LogP contribution in [0.15, 0.2) is 42.0 Å². The lowest BCUT2D eigenvalue weighted by atomic mass is 9.32. The number of allylic oxidation sites excluding steroid dienone is 2. The molecule has 4 saturated carbocycles. The molecule has 1 amide bonds. The SMILES string of the molecule is CC1=CC[C@]2(C)[C@H]3CC[C@@H]4[C@H]5[C@H](NC(=O)OC(C)(C)C)CC[C@]5(C(=O)OCc5ccccc5)CC[C@@]4(C)[C@]3(C)CC[C@H]2C1(C)C. The van der Waals surface area contributed by atoms with Gasteiger partial charge in [0.15, 0.2) is 0 Å². The quantitative estimate of drug-likeness (QED) is 0.270. The van der Waals surface area contributed by atoms with Gasteiger partial charge in [0, 0.05) is 6.04 Å². The predicted molar refractivity (Wildman–Crippen MR) is 179 cm³/mol. The number of hydrogen-bond acceptors (Lipinski definition) is 4. The Morgan fingerprint density at radius 1 is 0.867 bits per heavy atom. The van der Waals surface area contributed by atoms with Crippen molar-refractivity contribution in [3.8, 4) is 0 Å². The highest BCUT2D eigenvalue weighted by Gasteiger charge is 2.72. The number of alkyl carbamates (subject to hydrolysis) is 1. The monoisotopic (exact) mass is 617 g/mol. The number of carbonyl (C=O) groups excluding carboxylic acids is 2. The molecule has 0 aromatic heterocycles. The van der Waals surface area contributed by atoms with Crippen LogP contribution < -0.4 is 5.32 Å². The zero-order valence-corrected chi connectivity index (χ0v) is 29.6. The summed E-state index contributed by atoms with van der Waals surface area (Å²) >= 11 is 0. The van der Waals surface area contributed by atoms with Gasteiger partial charge >= 0.3 is 12.1 Å². The van der Waals surface area contributed by atoms with E-state index >= 15 is 0 Å². The molecular formula is C40H59NO4. The highest BCUT2D eigenvalue weighted by molar-refractivity contribution is 5.79. The number of fused-ring (bicyclic) bond motifs is 7. The third-order valence-corrected chi connectivity index (χ3v) is 14.8. The maximum absolute atomic E-state index is 14.3. The van der Waals surface area contributed by atoms with Crippen molar-refractivity contribution < 1.29 is 19.1 Å². The molecule has 45 heavy (non-hydrogen) atoms. The molecule has 1 aromatic carbocycles. The van der Waals surface area contributed by atoms with Crippen LogP contribution in [0.25, 0.3) is 0 Å². The van der Waals surface area contributed by atoms with Crippen LogP contribution in [0.5, 0.6) is 0 Å². The molecule has 0 aliphatic heterocycles. The van der Waals surface area contributed by atoms with E-state index in [1.807, 2.05) is 51.1 Å². The molecule has 0 heterocycles. The van der Waals surface area contributed by atoms with Gasteiger partial charge in [-0.25, -0.2) is 4.79 Å². The molecule has 0 bridgehead atoms. The number of amides is 1. The van der Waals surface area contributed by atoms with Crippen molar-refractivity contribution in [3.05, 3.63) is 47.5 Å². The van der Waals surface area contributed by atoms with Crippen molar-refractivity contribution in [2.24, 2.45) is 50.7 Å². The first-order chi connectivity index (χ1) is 21.0. The molecule has 9 atom stereocenters. The van der Waals surface area contributed by atoms with Gasteiger partial charge in [0.2, 0.25) is 0 Å². The minimum atomic E-state index is -0.574. The number of hydrogen-bond donors (Lipinski definition) is 1. The van der Waals surface area contributed by atoms with E-state index in [-0.39, 0.29) is 45.7 Å². The Hall–Kier alpha value is -2.30. The van der Waals surface area contributed by atoms with Crippen molar-refractivity contribution in [1.82, 2.24) is 5.32 Å². The summed E-state index contributed by atoms with van der Waals surface area (Å²) in [4.78, 5) is 27.6. The van der Waals surface area contributed by atoms with E-state index in [2.05, 4.69) is 52.9 Å². The third-order valence-electron chi connectivity index (χ3n) is 14.8. The third kappa shape index (κ3) is 5.00. The van der Waals surface area contributed by atoms with Crippen LogP contribution in [0.3, 0.4) is 0 Å². The van der Waals surface area contributed by atoms with Crippen molar-refractivity contribution in [2.75, 3.05) is 0 Å². The van der Waals surface area contributed by atoms with Crippen LogP contribution in [0.4, 0.5) is 4.79 Å². The Kier molecular flexibility index (Phi) is 7.89. The van der Waals surface area contributed by atoms with Gasteiger partial charge in [-0.1, -0.05) is 76.6 Å². The van der Waals surface area contributed by atoms with Gasteiger partial charge in [-0.15, -0.1) is 0 Å². The average molecular weight is 618 g/mol. The van der Waals surface area contributed by atoms with Crippen LogP contribution in [0.2, 0.25) is 0 Å². The van der Waals surface area contributed by atoms with Gasteiger partial charge in [0.05, 0.1) is 5.41 Å². The topological polar surface area (TPSA) is 64.6 Å². The fourth-order valence-electron chi connectivity index (χ4n) is 12.2. The predicted octanol–water partition coefficient (Wildman–Crippen LogP) is 9.64. The largest absolute Gasteiger partial charge is 0.460 e. The summed E-state index contributed by atoms with van der Waals surface area (Å²) in [7, 11) is 0. The van der Waals surface area contributed by atoms with Crippen LogP contribution in [-0.4, -0.2) is 23.7 Å². The molecular weight excluding hydrogens is 558 g/mol. The maximum atomic E-state index is 14.3. The van der Waals surface area contributed by atoms with Gasteiger partial charge in [0.1, 0.15) is 12.2 Å². The van der Waals surface area contributed by atoms with E-state index in [0.717, 1.165) is 37.7 Å². The molecule has 5 aliphatic rings. The summed E-state index contributed by atoms with van der Waals surface area (Å²) in [5, 5.41) is 3.31. The number of ether oxygens (including phenoxy) is 2. The molecule has 0 unspecified atom stereocenters. The number of rotatable bonds is 4. The lowest BCUT2D eigenvalue weighted by Gasteiger charge is -2.72. The van der Waals surface area contributed by atoms with Crippen LogP contribution in [-0.2, 0) is 20.9 Å². The summed E-state index contributed by atoms with van der Waals surface area (Å²) in [6.07, 6.45) is 11.6. The molecule has 248 valence electrons. The van der Waals surface area contributed by atoms with Gasteiger partial charge in [-0.2, -0.15) is 0 Å². The van der Waals surface area contributed by atoms with Crippen LogP contribution in [0.1, 0.15) is 126 Å². The van der Waals surface area contributed by atoms with Crippen LogP contribution in [0, 0.1) is 50.7 Å².